The van der Waals surface area contributed by atoms with Crippen molar-refractivity contribution in [1.82, 2.24) is 0 Å². The molecule has 0 aromatic rings. The van der Waals surface area contributed by atoms with Gasteiger partial charge in [0.25, 0.3) is 0 Å². The van der Waals surface area contributed by atoms with E-state index >= 15 is 0 Å². The highest BCUT2D eigenvalue weighted by Crippen LogP contribution is 2.67. The second-order valence-electron chi connectivity index (χ2n) is 8.12. The van der Waals surface area contributed by atoms with Gasteiger partial charge < -0.3 is 25.2 Å². The largest absolute Gasteiger partial charge is 0.460 e. The topological polar surface area (TPSA) is 107 Å². The third-order valence-electron chi connectivity index (χ3n) is 4.99. The Morgan fingerprint density at radius 3 is 0.884 bits per heavy atom. The molecule has 0 spiro atoms. The van der Waals surface area contributed by atoms with E-state index < -0.39 is 82.8 Å². The first-order valence-corrected chi connectivity index (χ1v) is 9.33. The summed E-state index contributed by atoms with van der Waals surface area (Å²) in [5.41, 5.74) is -1.24. The molecule has 0 aliphatic carbocycles. The lowest BCUT2D eigenvalue weighted by Gasteiger charge is -2.46. The predicted octanol–water partition coefficient (Wildman–Crippen LogP) is 4.71. The summed E-state index contributed by atoms with van der Waals surface area (Å²) < 4.78 is 283. The van der Waals surface area contributed by atoms with Gasteiger partial charge in [-0.3, -0.25) is 0 Å². The fourth-order valence-electron chi connectivity index (χ4n) is 2.27. The molecular weight excluding hydrogens is 687 g/mol. The smallest absolute Gasteiger partial charge is 0.400 e. The third-order valence-corrected chi connectivity index (χ3v) is 4.99. The molecule has 6 nitrogen and oxygen atoms in total. The number of ether oxygens (including phenoxy) is 1. The maximum Gasteiger partial charge on any atom is 0.460 e. The van der Waals surface area contributed by atoms with Gasteiger partial charge in [-0.25, -0.2) is 4.79 Å². The summed E-state index contributed by atoms with van der Waals surface area (Å²) in [5.74, 6) is -97.9. The number of alkyl halides is 21. The second-order valence-corrected chi connectivity index (χ2v) is 8.12. The van der Waals surface area contributed by atoms with Crippen LogP contribution in [-0.2, 0) is 9.53 Å². The molecule has 43 heavy (non-hydrogen) atoms. The van der Waals surface area contributed by atoms with E-state index in [1.165, 1.54) is 0 Å². The van der Waals surface area contributed by atoms with Gasteiger partial charge in [-0.1, -0.05) is 6.58 Å². The van der Waals surface area contributed by atoms with Crippen molar-refractivity contribution in [1.29, 1.82) is 0 Å². The number of carbonyl (C=O) groups is 1. The molecule has 0 unspecified atom stereocenters. The van der Waals surface area contributed by atoms with Gasteiger partial charge in [0.05, 0.1) is 0 Å². The molecule has 0 bridgehead atoms. The van der Waals surface area contributed by atoms with Crippen molar-refractivity contribution in [3.8, 4) is 0 Å². The van der Waals surface area contributed by atoms with Crippen LogP contribution in [0.5, 0.6) is 0 Å². The molecule has 27 heteroatoms. The average Bonchev–Trinajstić information content (AvgIpc) is 2.76. The number of esters is 1. The zero-order valence-electron chi connectivity index (χ0n) is 19.2. The van der Waals surface area contributed by atoms with Gasteiger partial charge in [0.1, 0.15) is 0 Å². The molecule has 0 saturated carbocycles. The van der Waals surface area contributed by atoms with E-state index in [1.54, 1.807) is 0 Å². The Bertz CT molecular complexity index is 1090. The molecule has 0 amide bonds. The molecule has 0 radical (unpaired) electrons. The Labute approximate surface area is 219 Å². The number of hydrogen-bond donors (Lipinski definition) is 4. The fraction of sp³-hybridized carbons (Fsp3) is 0.812. The molecule has 0 aromatic carbocycles. The van der Waals surface area contributed by atoms with E-state index in [9.17, 15) is 97.0 Å². The van der Waals surface area contributed by atoms with Crippen LogP contribution in [0.2, 0.25) is 0 Å². The molecule has 0 aliphatic rings. The molecule has 4 N–H and O–H groups in total. The fourth-order valence-corrected chi connectivity index (χ4v) is 2.27. The van der Waals surface area contributed by atoms with Crippen LogP contribution in [0.15, 0.2) is 12.2 Å². The average molecular weight is 696 g/mol. The first-order chi connectivity index (χ1) is 18.1. The standard InChI is InChI=1S/C16H9F21O6/c1-3(2)4(38)43-16(41,42)14(39,40)12(31,32)10(27,28)8(23,24)6(19,20)5(17,18)7(21,22)9(25,26)11(29,30)13(33,34)15(35,36)37/h39-42H,1H2,2H3. The highest BCUT2D eigenvalue weighted by molar-refractivity contribution is 5.87. The Morgan fingerprint density at radius 1 is 0.465 bits per heavy atom. The van der Waals surface area contributed by atoms with E-state index in [0.717, 1.165) is 0 Å². The third kappa shape index (κ3) is 5.01. The van der Waals surface area contributed by atoms with E-state index in [4.69, 9.17) is 20.4 Å². The first-order valence-electron chi connectivity index (χ1n) is 9.33. The van der Waals surface area contributed by atoms with Crippen molar-refractivity contribution in [2.24, 2.45) is 0 Å². The number of aliphatic hydroxyl groups is 4. The summed E-state index contributed by atoms with van der Waals surface area (Å²) in [5, 5.41) is 35.8. The van der Waals surface area contributed by atoms with Gasteiger partial charge >= 0.3 is 77.2 Å². The lowest BCUT2D eigenvalue weighted by atomic mass is 9.84. The summed E-state index contributed by atoms with van der Waals surface area (Å²) >= 11 is 0. The molecule has 0 saturated heterocycles. The summed E-state index contributed by atoms with van der Waals surface area (Å²) in [4.78, 5) is 11.1. The minimum Gasteiger partial charge on any atom is -0.400 e. The van der Waals surface area contributed by atoms with Gasteiger partial charge in [-0.2, -0.15) is 92.2 Å². The van der Waals surface area contributed by atoms with Gasteiger partial charge in [0, 0.05) is 5.57 Å². The van der Waals surface area contributed by atoms with Crippen molar-refractivity contribution in [3.05, 3.63) is 12.2 Å². The van der Waals surface area contributed by atoms with E-state index in [0.29, 0.717) is 6.92 Å². The molecule has 0 aliphatic heterocycles. The van der Waals surface area contributed by atoms with Crippen molar-refractivity contribution in [2.75, 3.05) is 0 Å². The van der Waals surface area contributed by atoms with E-state index in [1.807, 2.05) is 0 Å². The van der Waals surface area contributed by atoms with Crippen LogP contribution in [0.1, 0.15) is 6.92 Å². The zero-order valence-corrected chi connectivity index (χ0v) is 19.2. The predicted molar refractivity (Wildman–Crippen MR) is 85.8 cm³/mol. The van der Waals surface area contributed by atoms with Gasteiger partial charge in [-0.15, -0.1) is 0 Å². The van der Waals surface area contributed by atoms with Crippen LogP contribution in [0, 0.1) is 0 Å². The van der Waals surface area contributed by atoms with E-state index in [-0.39, 0.29) is 0 Å². The Balaban J connectivity index is 7.33. The van der Waals surface area contributed by atoms with Gasteiger partial charge in [0.15, 0.2) is 0 Å². The van der Waals surface area contributed by atoms with Crippen LogP contribution in [0.25, 0.3) is 0 Å². The van der Waals surface area contributed by atoms with Crippen LogP contribution >= 0.6 is 0 Å². The molecular formula is C16H9F21O6. The normalized spacial score (nSPS) is 16.3. The minimum atomic E-state index is -9.52. The Hall–Kier alpha value is -2.42. The number of halogens is 21. The maximum atomic E-state index is 14.0. The van der Waals surface area contributed by atoms with Crippen molar-refractivity contribution >= 4 is 5.97 Å². The Morgan fingerprint density at radius 2 is 0.674 bits per heavy atom. The van der Waals surface area contributed by atoms with Crippen LogP contribution in [0.4, 0.5) is 92.2 Å². The molecule has 0 atom stereocenters. The number of hydrogen-bond acceptors (Lipinski definition) is 6. The molecule has 0 heterocycles. The maximum absolute atomic E-state index is 14.0. The lowest BCUT2D eigenvalue weighted by molar-refractivity contribution is -0.525. The molecule has 0 fully saturated rings. The molecule has 0 rings (SSSR count). The summed E-state index contributed by atoms with van der Waals surface area (Å²) in [6.07, 6.45) is -8.15. The quantitative estimate of drug-likeness (QED) is 0.102. The van der Waals surface area contributed by atoms with E-state index in [2.05, 4.69) is 11.3 Å². The van der Waals surface area contributed by atoms with Crippen LogP contribution in [-0.4, -0.2) is 97.6 Å². The minimum absolute atomic E-state index is 0.405. The zero-order chi connectivity index (χ0) is 35.9. The van der Waals surface area contributed by atoms with Gasteiger partial charge in [-0.05, 0) is 6.92 Å². The van der Waals surface area contributed by atoms with Crippen molar-refractivity contribution in [3.63, 3.8) is 0 Å². The monoisotopic (exact) mass is 696 g/mol. The second kappa shape index (κ2) is 10.0. The number of carbonyl (C=O) groups excluding carboxylic acids is 1. The highest BCUT2D eigenvalue weighted by Gasteiger charge is 2.99. The highest BCUT2D eigenvalue weighted by atomic mass is 19.4. The Kier molecular flexibility index (Phi) is 9.48. The van der Waals surface area contributed by atoms with Crippen molar-refractivity contribution < 1.29 is 122 Å². The van der Waals surface area contributed by atoms with Crippen molar-refractivity contribution in [2.45, 2.75) is 78.2 Å². The summed E-state index contributed by atoms with van der Waals surface area (Å²) in [6, 6.07) is 0. The SMILES string of the molecule is C=C(C)C(=O)OC(O)(O)C(O)(O)C(F)(F)C(F)(F)C(F)(F)C(F)(F)C(F)(F)C(F)(F)C(F)(F)C(F)(F)C(F)(F)C(F)(F)F. The summed E-state index contributed by atoms with van der Waals surface area (Å²) in [6.45, 7) is 2.93. The number of rotatable bonds is 12. The van der Waals surface area contributed by atoms with Gasteiger partial charge in [0.2, 0.25) is 0 Å². The summed E-state index contributed by atoms with van der Waals surface area (Å²) in [7, 11) is 0. The molecule has 0 aromatic heterocycles. The lowest BCUT2D eigenvalue weighted by Crippen LogP contribution is -2.80. The first kappa shape index (κ1) is 40.6. The molecule has 256 valence electrons. The van der Waals surface area contributed by atoms with Crippen LogP contribution < -0.4 is 0 Å². The van der Waals surface area contributed by atoms with Crippen LogP contribution in [0.3, 0.4) is 0 Å².